The first-order valence-electron chi connectivity index (χ1n) is 7.65. The van der Waals surface area contributed by atoms with E-state index in [4.69, 9.17) is 4.74 Å². The molecule has 0 atom stereocenters. The molecule has 23 heavy (non-hydrogen) atoms. The highest BCUT2D eigenvalue weighted by Gasteiger charge is 2.07. The van der Waals surface area contributed by atoms with Crippen LogP contribution in [-0.4, -0.2) is 24.7 Å². The van der Waals surface area contributed by atoms with Crippen molar-refractivity contribution in [3.8, 4) is 11.5 Å². The molecule has 2 rings (SSSR count). The molecule has 0 aromatic heterocycles. The molecule has 2 aromatic rings. The zero-order chi connectivity index (χ0) is 16.5. The average Bonchev–Trinajstić information content (AvgIpc) is 2.59. The Labute approximate surface area is 137 Å². The number of phenolic OH excluding ortho intramolecular Hbond substituents is 1. The number of benzene rings is 2. The van der Waals surface area contributed by atoms with Crippen molar-refractivity contribution in [2.75, 3.05) is 13.7 Å². The van der Waals surface area contributed by atoms with Crippen LogP contribution in [0, 0.1) is 0 Å². The van der Waals surface area contributed by atoms with E-state index in [-0.39, 0.29) is 5.75 Å². The molecule has 0 unspecified atom stereocenters. The summed E-state index contributed by atoms with van der Waals surface area (Å²) in [7, 11) is 1.54. The van der Waals surface area contributed by atoms with Gasteiger partial charge in [0.1, 0.15) is 0 Å². The van der Waals surface area contributed by atoms with Gasteiger partial charge in [0.25, 0.3) is 0 Å². The van der Waals surface area contributed by atoms with Crippen molar-refractivity contribution >= 4 is 5.96 Å². The van der Waals surface area contributed by atoms with Crippen molar-refractivity contribution in [3.05, 3.63) is 59.7 Å². The molecule has 0 saturated carbocycles. The molecule has 0 saturated heterocycles. The Bertz CT molecular complexity index is 642. The molecule has 0 fully saturated rings. The molecule has 0 bridgehead atoms. The van der Waals surface area contributed by atoms with Gasteiger partial charge in [-0.15, -0.1) is 0 Å². The summed E-state index contributed by atoms with van der Waals surface area (Å²) in [5.74, 6) is 1.33. The van der Waals surface area contributed by atoms with Crippen LogP contribution in [0.5, 0.6) is 11.5 Å². The SMILES string of the molecule is CCNC(=NCc1ccccc1)NCc1cccc(OC)c1O. The zero-order valence-corrected chi connectivity index (χ0v) is 13.5. The largest absolute Gasteiger partial charge is 0.504 e. The van der Waals surface area contributed by atoms with E-state index in [2.05, 4.69) is 15.6 Å². The Kier molecular flexibility index (Phi) is 6.29. The van der Waals surface area contributed by atoms with Crippen LogP contribution in [0.3, 0.4) is 0 Å². The molecule has 0 aliphatic carbocycles. The van der Waals surface area contributed by atoms with E-state index in [1.807, 2.05) is 49.4 Å². The predicted octanol–water partition coefficient (Wildman–Crippen LogP) is 2.66. The smallest absolute Gasteiger partial charge is 0.191 e. The van der Waals surface area contributed by atoms with Gasteiger partial charge in [0.15, 0.2) is 17.5 Å². The minimum Gasteiger partial charge on any atom is -0.504 e. The van der Waals surface area contributed by atoms with E-state index in [1.165, 1.54) is 7.11 Å². The fourth-order valence-corrected chi connectivity index (χ4v) is 2.15. The van der Waals surface area contributed by atoms with E-state index in [0.717, 1.165) is 17.7 Å². The monoisotopic (exact) mass is 313 g/mol. The number of aromatic hydroxyl groups is 1. The third-order valence-electron chi connectivity index (χ3n) is 3.36. The predicted molar refractivity (Wildman–Crippen MR) is 92.8 cm³/mol. The quantitative estimate of drug-likeness (QED) is 0.566. The van der Waals surface area contributed by atoms with Crippen molar-refractivity contribution in [1.29, 1.82) is 0 Å². The summed E-state index contributed by atoms with van der Waals surface area (Å²) in [6.07, 6.45) is 0. The molecule has 0 aliphatic heterocycles. The number of methoxy groups -OCH3 is 1. The first-order chi connectivity index (χ1) is 11.2. The van der Waals surface area contributed by atoms with Crippen molar-refractivity contribution in [2.24, 2.45) is 4.99 Å². The number of rotatable bonds is 6. The lowest BCUT2D eigenvalue weighted by molar-refractivity contribution is 0.370. The van der Waals surface area contributed by atoms with Gasteiger partial charge in [-0.3, -0.25) is 0 Å². The molecule has 5 heteroatoms. The second-order valence-corrected chi connectivity index (χ2v) is 5.00. The fourth-order valence-electron chi connectivity index (χ4n) is 2.15. The number of ether oxygens (including phenoxy) is 1. The number of para-hydroxylation sites is 1. The summed E-state index contributed by atoms with van der Waals surface area (Å²) >= 11 is 0. The summed E-state index contributed by atoms with van der Waals surface area (Å²) < 4.78 is 5.12. The lowest BCUT2D eigenvalue weighted by Crippen LogP contribution is -2.36. The van der Waals surface area contributed by atoms with Gasteiger partial charge >= 0.3 is 0 Å². The number of phenols is 1. The maximum absolute atomic E-state index is 10.1. The maximum atomic E-state index is 10.1. The van der Waals surface area contributed by atoms with Crippen LogP contribution in [-0.2, 0) is 13.1 Å². The van der Waals surface area contributed by atoms with Gasteiger partial charge in [-0.2, -0.15) is 0 Å². The van der Waals surface area contributed by atoms with Gasteiger partial charge in [0.05, 0.1) is 13.7 Å². The second kappa shape index (κ2) is 8.68. The van der Waals surface area contributed by atoms with Gasteiger partial charge < -0.3 is 20.5 Å². The first-order valence-corrected chi connectivity index (χ1v) is 7.65. The molecule has 122 valence electrons. The van der Waals surface area contributed by atoms with Crippen LogP contribution in [0.15, 0.2) is 53.5 Å². The lowest BCUT2D eigenvalue weighted by atomic mass is 10.2. The minimum absolute atomic E-state index is 0.154. The zero-order valence-electron chi connectivity index (χ0n) is 13.5. The molecule has 5 nitrogen and oxygen atoms in total. The van der Waals surface area contributed by atoms with Gasteiger partial charge in [-0.25, -0.2) is 4.99 Å². The van der Waals surface area contributed by atoms with E-state index in [1.54, 1.807) is 6.07 Å². The highest BCUT2D eigenvalue weighted by Crippen LogP contribution is 2.28. The summed E-state index contributed by atoms with van der Waals surface area (Å²) in [4.78, 5) is 4.55. The molecular weight excluding hydrogens is 290 g/mol. The van der Waals surface area contributed by atoms with Crippen LogP contribution in [0.25, 0.3) is 0 Å². The first kappa shape index (κ1) is 16.7. The Balaban J connectivity index is 2.02. The van der Waals surface area contributed by atoms with Crippen LogP contribution in [0.2, 0.25) is 0 Å². The molecule has 0 amide bonds. The number of hydrogen-bond donors (Lipinski definition) is 3. The third kappa shape index (κ3) is 4.92. The number of hydrogen-bond acceptors (Lipinski definition) is 3. The highest BCUT2D eigenvalue weighted by atomic mass is 16.5. The summed E-state index contributed by atoms with van der Waals surface area (Å²) in [6.45, 7) is 3.84. The number of nitrogens with zero attached hydrogens (tertiary/aromatic N) is 1. The standard InChI is InChI=1S/C18H23N3O2/c1-3-19-18(20-12-14-8-5-4-6-9-14)21-13-15-10-7-11-16(23-2)17(15)22/h4-11,22H,3,12-13H2,1-2H3,(H2,19,20,21). The number of nitrogens with one attached hydrogen (secondary N) is 2. The Hall–Kier alpha value is -2.69. The fraction of sp³-hybridized carbons (Fsp3) is 0.278. The third-order valence-corrected chi connectivity index (χ3v) is 3.36. The van der Waals surface area contributed by atoms with E-state index < -0.39 is 0 Å². The topological polar surface area (TPSA) is 65.9 Å². The molecule has 3 N–H and O–H groups in total. The molecule has 0 radical (unpaired) electrons. The van der Waals surface area contributed by atoms with Gasteiger partial charge in [0.2, 0.25) is 0 Å². The number of aliphatic imine (C=N–C) groups is 1. The van der Waals surface area contributed by atoms with Crippen LogP contribution in [0.1, 0.15) is 18.1 Å². The van der Waals surface area contributed by atoms with E-state index >= 15 is 0 Å². The minimum atomic E-state index is 0.154. The molecule has 0 aliphatic rings. The van der Waals surface area contributed by atoms with Crippen molar-refractivity contribution in [1.82, 2.24) is 10.6 Å². The maximum Gasteiger partial charge on any atom is 0.191 e. The second-order valence-electron chi connectivity index (χ2n) is 5.00. The van der Waals surface area contributed by atoms with Gasteiger partial charge in [-0.05, 0) is 18.6 Å². The summed E-state index contributed by atoms with van der Waals surface area (Å²) in [5, 5.41) is 16.5. The summed E-state index contributed by atoms with van der Waals surface area (Å²) in [5.41, 5.74) is 1.91. The lowest BCUT2D eigenvalue weighted by Gasteiger charge is -2.13. The van der Waals surface area contributed by atoms with Crippen molar-refractivity contribution in [3.63, 3.8) is 0 Å². The van der Waals surface area contributed by atoms with Gasteiger partial charge in [-0.1, -0.05) is 42.5 Å². The summed E-state index contributed by atoms with van der Waals surface area (Å²) in [6, 6.07) is 15.5. The Morgan fingerprint density at radius 2 is 1.87 bits per heavy atom. The van der Waals surface area contributed by atoms with Crippen LogP contribution >= 0.6 is 0 Å². The molecular formula is C18H23N3O2. The van der Waals surface area contributed by atoms with Crippen molar-refractivity contribution in [2.45, 2.75) is 20.0 Å². The molecule has 0 spiro atoms. The average molecular weight is 313 g/mol. The Morgan fingerprint density at radius 3 is 2.57 bits per heavy atom. The normalized spacial score (nSPS) is 11.1. The highest BCUT2D eigenvalue weighted by molar-refractivity contribution is 5.79. The molecule has 2 aromatic carbocycles. The van der Waals surface area contributed by atoms with Crippen LogP contribution in [0.4, 0.5) is 0 Å². The van der Waals surface area contributed by atoms with Gasteiger partial charge in [0, 0.05) is 18.7 Å². The van der Waals surface area contributed by atoms with E-state index in [0.29, 0.717) is 24.8 Å². The Morgan fingerprint density at radius 1 is 1.09 bits per heavy atom. The van der Waals surface area contributed by atoms with Crippen molar-refractivity contribution < 1.29 is 9.84 Å². The number of guanidine groups is 1. The van der Waals surface area contributed by atoms with Crippen LogP contribution < -0.4 is 15.4 Å². The molecule has 0 heterocycles. The van der Waals surface area contributed by atoms with E-state index in [9.17, 15) is 5.11 Å².